The monoisotopic (exact) mass is 207 g/mol. The van der Waals surface area contributed by atoms with Crippen LogP contribution in [-0.2, 0) is 0 Å². The molecule has 2 atom stereocenters. The number of hydrogen-bond donors (Lipinski definition) is 1. The molecule has 0 aromatic heterocycles. The lowest BCUT2D eigenvalue weighted by molar-refractivity contribution is 0.120. The van der Waals surface area contributed by atoms with Crippen LogP contribution in [0.25, 0.3) is 0 Å². The SMILES string of the molecule is CC#CCC1CC(C)(C)CCC1CNC. The molecule has 1 N–H and O–H groups in total. The second kappa shape index (κ2) is 5.56. The molecule has 1 aliphatic carbocycles. The van der Waals surface area contributed by atoms with Gasteiger partial charge in [-0.05, 0) is 57.0 Å². The van der Waals surface area contributed by atoms with Crippen LogP contribution in [0.2, 0.25) is 0 Å². The highest BCUT2D eigenvalue weighted by atomic mass is 14.8. The number of hydrogen-bond acceptors (Lipinski definition) is 1. The Kier molecular flexibility index (Phi) is 4.67. The van der Waals surface area contributed by atoms with Gasteiger partial charge in [-0.3, -0.25) is 0 Å². The van der Waals surface area contributed by atoms with E-state index in [-0.39, 0.29) is 0 Å². The van der Waals surface area contributed by atoms with Crippen LogP contribution in [0.3, 0.4) is 0 Å². The summed E-state index contributed by atoms with van der Waals surface area (Å²) < 4.78 is 0. The van der Waals surface area contributed by atoms with Crippen molar-refractivity contribution < 1.29 is 0 Å². The van der Waals surface area contributed by atoms with Crippen molar-refractivity contribution in [3.8, 4) is 11.8 Å². The van der Waals surface area contributed by atoms with E-state index in [1.165, 1.54) is 19.3 Å². The fourth-order valence-electron chi connectivity index (χ4n) is 2.79. The zero-order valence-corrected chi connectivity index (χ0v) is 10.7. The van der Waals surface area contributed by atoms with Crippen LogP contribution >= 0.6 is 0 Å². The fraction of sp³-hybridized carbons (Fsp3) is 0.857. The van der Waals surface area contributed by atoms with Crippen molar-refractivity contribution in [2.75, 3.05) is 13.6 Å². The lowest BCUT2D eigenvalue weighted by Gasteiger charge is -2.40. The largest absolute Gasteiger partial charge is 0.319 e. The second-order valence-corrected chi connectivity index (χ2v) is 5.62. The molecule has 1 fully saturated rings. The molecule has 15 heavy (non-hydrogen) atoms. The van der Waals surface area contributed by atoms with Crippen molar-refractivity contribution in [1.82, 2.24) is 5.32 Å². The third-order valence-electron chi connectivity index (χ3n) is 3.68. The van der Waals surface area contributed by atoms with Gasteiger partial charge in [0.2, 0.25) is 0 Å². The molecule has 0 aliphatic heterocycles. The van der Waals surface area contributed by atoms with Crippen molar-refractivity contribution in [3.63, 3.8) is 0 Å². The molecule has 0 bridgehead atoms. The van der Waals surface area contributed by atoms with E-state index < -0.39 is 0 Å². The minimum atomic E-state index is 0.532. The molecule has 1 aliphatic rings. The first-order valence-electron chi connectivity index (χ1n) is 6.13. The van der Waals surface area contributed by atoms with Gasteiger partial charge in [0.15, 0.2) is 0 Å². The first kappa shape index (κ1) is 12.6. The summed E-state index contributed by atoms with van der Waals surface area (Å²) in [6.07, 6.45) is 5.17. The summed E-state index contributed by atoms with van der Waals surface area (Å²) in [5, 5.41) is 3.32. The van der Waals surface area contributed by atoms with Gasteiger partial charge in [-0.15, -0.1) is 11.8 Å². The van der Waals surface area contributed by atoms with Crippen molar-refractivity contribution in [3.05, 3.63) is 0 Å². The van der Waals surface area contributed by atoms with Gasteiger partial charge in [0.1, 0.15) is 0 Å². The summed E-state index contributed by atoms with van der Waals surface area (Å²) in [6, 6.07) is 0. The molecule has 1 saturated carbocycles. The molecule has 1 heteroatoms. The van der Waals surface area contributed by atoms with Gasteiger partial charge in [-0.1, -0.05) is 13.8 Å². The second-order valence-electron chi connectivity index (χ2n) is 5.62. The lowest BCUT2D eigenvalue weighted by atomic mass is 9.66. The maximum Gasteiger partial charge on any atom is 0.0120 e. The maximum atomic E-state index is 3.32. The number of rotatable bonds is 3. The highest BCUT2D eigenvalue weighted by molar-refractivity contribution is 4.99. The summed E-state index contributed by atoms with van der Waals surface area (Å²) in [5.41, 5.74) is 0.532. The maximum absolute atomic E-state index is 3.32. The Morgan fingerprint density at radius 2 is 2.07 bits per heavy atom. The van der Waals surface area contributed by atoms with E-state index in [1.54, 1.807) is 0 Å². The molecule has 1 nitrogen and oxygen atoms in total. The zero-order chi connectivity index (χ0) is 11.3. The van der Waals surface area contributed by atoms with Crippen LogP contribution in [0.1, 0.15) is 46.5 Å². The van der Waals surface area contributed by atoms with Gasteiger partial charge < -0.3 is 5.32 Å². The predicted molar refractivity (Wildman–Crippen MR) is 66.6 cm³/mol. The lowest BCUT2D eigenvalue weighted by Crippen LogP contribution is -2.34. The van der Waals surface area contributed by atoms with Crippen LogP contribution in [0.15, 0.2) is 0 Å². The van der Waals surface area contributed by atoms with Crippen LogP contribution in [0.4, 0.5) is 0 Å². The topological polar surface area (TPSA) is 12.0 Å². The number of nitrogens with one attached hydrogen (secondary N) is 1. The normalized spacial score (nSPS) is 29.3. The molecule has 2 unspecified atom stereocenters. The molecule has 0 radical (unpaired) electrons. The predicted octanol–water partition coefficient (Wildman–Crippen LogP) is 3.06. The highest BCUT2D eigenvalue weighted by Gasteiger charge is 2.33. The van der Waals surface area contributed by atoms with Gasteiger partial charge >= 0.3 is 0 Å². The Labute approximate surface area is 95.0 Å². The summed E-state index contributed by atoms with van der Waals surface area (Å²) in [5.74, 6) is 7.94. The third kappa shape index (κ3) is 3.87. The van der Waals surface area contributed by atoms with Gasteiger partial charge in [0, 0.05) is 6.42 Å². The Balaban J connectivity index is 2.58. The smallest absolute Gasteiger partial charge is 0.0120 e. The molecule has 0 aromatic carbocycles. The van der Waals surface area contributed by atoms with E-state index in [2.05, 4.69) is 38.1 Å². The summed E-state index contributed by atoms with van der Waals surface area (Å²) in [4.78, 5) is 0. The molecule has 0 saturated heterocycles. The Bertz CT molecular complexity index is 244. The van der Waals surface area contributed by atoms with E-state index >= 15 is 0 Å². The summed E-state index contributed by atoms with van der Waals surface area (Å²) in [7, 11) is 2.06. The summed E-state index contributed by atoms with van der Waals surface area (Å²) in [6.45, 7) is 7.90. The van der Waals surface area contributed by atoms with E-state index in [4.69, 9.17) is 0 Å². The van der Waals surface area contributed by atoms with Crippen LogP contribution in [0, 0.1) is 29.1 Å². The first-order chi connectivity index (χ1) is 7.09. The summed E-state index contributed by atoms with van der Waals surface area (Å²) >= 11 is 0. The van der Waals surface area contributed by atoms with Crippen molar-refractivity contribution in [2.24, 2.45) is 17.3 Å². The van der Waals surface area contributed by atoms with Gasteiger partial charge in [0.05, 0.1) is 0 Å². The molecular weight excluding hydrogens is 182 g/mol. The standard InChI is InChI=1S/C14H25N/c1-5-6-7-12-10-14(2,3)9-8-13(12)11-15-4/h12-13,15H,7-11H2,1-4H3. The minimum absolute atomic E-state index is 0.532. The van der Waals surface area contributed by atoms with Crippen molar-refractivity contribution in [1.29, 1.82) is 0 Å². The van der Waals surface area contributed by atoms with Gasteiger partial charge in [0.25, 0.3) is 0 Å². The minimum Gasteiger partial charge on any atom is -0.319 e. The molecule has 1 rings (SSSR count). The Hall–Kier alpha value is -0.480. The van der Waals surface area contributed by atoms with E-state index in [1.807, 2.05) is 6.92 Å². The molecule has 0 amide bonds. The average Bonchev–Trinajstić information content (AvgIpc) is 2.18. The quantitative estimate of drug-likeness (QED) is 0.701. The molecule has 86 valence electrons. The molecule has 0 heterocycles. The van der Waals surface area contributed by atoms with Crippen LogP contribution in [-0.4, -0.2) is 13.6 Å². The average molecular weight is 207 g/mol. The molecule has 0 spiro atoms. The molecule has 0 aromatic rings. The Morgan fingerprint density at radius 3 is 2.67 bits per heavy atom. The fourth-order valence-corrected chi connectivity index (χ4v) is 2.79. The van der Waals surface area contributed by atoms with E-state index in [0.717, 1.165) is 24.8 Å². The van der Waals surface area contributed by atoms with E-state index in [9.17, 15) is 0 Å². The van der Waals surface area contributed by atoms with Crippen LogP contribution < -0.4 is 5.32 Å². The van der Waals surface area contributed by atoms with Gasteiger partial charge in [-0.25, -0.2) is 0 Å². The third-order valence-corrected chi connectivity index (χ3v) is 3.68. The van der Waals surface area contributed by atoms with Crippen molar-refractivity contribution in [2.45, 2.75) is 46.5 Å². The van der Waals surface area contributed by atoms with Crippen LogP contribution in [0.5, 0.6) is 0 Å². The highest BCUT2D eigenvalue weighted by Crippen LogP contribution is 2.42. The Morgan fingerprint density at radius 1 is 1.33 bits per heavy atom. The zero-order valence-electron chi connectivity index (χ0n) is 10.7. The molecular formula is C14H25N. The van der Waals surface area contributed by atoms with Crippen molar-refractivity contribution >= 4 is 0 Å². The van der Waals surface area contributed by atoms with E-state index in [0.29, 0.717) is 5.41 Å². The first-order valence-corrected chi connectivity index (χ1v) is 6.13. The van der Waals surface area contributed by atoms with Gasteiger partial charge in [-0.2, -0.15) is 0 Å².